The van der Waals surface area contributed by atoms with E-state index in [2.05, 4.69) is 25.0 Å². The average molecular weight is 361 g/mol. The molecule has 0 aromatic carbocycles. The van der Waals surface area contributed by atoms with Crippen LogP contribution in [0.1, 0.15) is 25.7 Å². The molecule has 1 fully saturated rings. The Labute approximate surface area is 148 Å². The summed E-state index contributed by atoms with van der Waals surface area (Å²) < 4.78 is 4.15. The van der Waals surface area contributed by atoms with Gasteiger partial charge in [-0.3, -0.25) is 19.9 Å². The zero-order valence-electron chi connectivity index (χ0n) is 13.5. The molecule has 2 heterocycles. The first-order valence-electron chi connectivity index (χ1n) is 8.14. The van der Waals surface area contributed by atoms with E-state index in [9.17, 15) is 14.7 Å². The Kier molecular flexibility index (Phi) is 5.67. The Morgan fingerprint density at radius 1 is 1.28 bits per heavy atom. The number of aromatic nitrogens is 3. The Morgan fingerprint density at radius 3 is 2.88 bits per heavy atom. The van der Waals surface area contributed by atoms with Crippen molar-refractivity contribution in [2.24, 2.45) is 5.92 Å². The second-order valence-electron chi connectivity index (χ2n) is 5.93. The van der Waals surface area contributed by atoms with Crippen molar-refractivity contribution in [1.82, 2.24) is 19.7 Å². The highest BCUT2D eigenvalue weighted by atomic mass is 32.1. The third kappa shape index (κ3) is 4.37. The molecular weight excluding hydrogens is 342 g/mol. The summed E-state index contributed by atoms with van der Waals surface area (Å²) in [5, 5.41) is 14.8. The summed E-state index contributed by atoms with van der Waals surface area (Å²) in [5.74, 6) is -1.05. The number of aliphatic hydroxyl groups is 1. The molecule has 25 heavy (non-hydrogen) atoms. The Balaban J connectivity index is 1.58. The van der Waals surface area contributed by atoms with Crippen molar-refractivity contribution >= 4 is 28.5 Å². The van der Waals surface area contributed by atoms with Crippen LogP contribution in [0.3, 0.4) is 0 Å². The quantitative estimate of drug-likeness (QED) is 0.705. The molecule has 0 bridgehead atoms. The number of pyridine rings is 1. The first-order chi connectivity index (χ1) is 12.2. The topological polar surface area (TPSA) is 117 Å². The molecule has 1 saturated carbocycles. The van der Waals surface area contributed by atoms with Gasteiger partial charge in [0.2, 0.25) is 5.13 Å². The Hall–Kier alpha value is -2.39. The highest BCUT2D eigenvalue weighted by molar-refractivity contribution is 7.10. The van der Waals surface area contributed by atoms with Gasteiger partial charge in [0, 0.05) is 48.1 Å². The van der Waals surface area contributed by atoms with Crippen LogP contribution in [0.4, 0.5) is 5.13 Å². The standard InChI is InChI=1S/C16H19N5O3S/c22-9-11-4-1-2-6-12(11)18-14(23)15(24)20-16-19-13(21-25-16)10-5-3-7-17-8-10/h3,5,7-8,11-12,22H,1-2,4,6,9H2,(H,18,23)(H,19,20,21,24)/t11-,12+/m1/s1. The lowest BCUT2D eigenvalue weighted by Gasteiger charge is -2.30. The molecule has 2 aromatic heterocycles. The highest BCUT2D eigenvalue weighted by Gasteiger charge is 2.28. The van der Waals surface area contributed by atoms with E-state index in [1.54, 1.807) is 18.5 Å². The number of nitrogens with zero attached hydrogens (tertiary/aromatic N) is 3. The van der Waals surface area contributed by atoms with Gasteiger partial charge in [0.25, 0.3) is 0 Å². The number of hydrogen-bond acceptors (Lipinski definition) is 7. The molecule has 132 valence electrons. The van der Waals surface area contributed by atoms with Crippen molar-refractivity contribution in [3.63, 3.8) is 0 Å². The van der Waals surface area contributed by atoms with E-state index in [0.717, 1.165) is 42.8 Å². The van der Waals surface area contributed by atoms with Crippen LogP contribution >= 0.6 is 11.5 Å². The number of anilines is 1. The van der Waals surface area contributed by atoms with Gasteiger partial charge in [-0.2, -0.15) is 9.36 Å². The fourth-order valence-corrected chi connectivity index (χ4v) is 3.48. The van der Waals surface area contributed by atoms with E-state index < -0.39 is 11.8 Å². The Bertz CT molecular complexity index is 736. The maximum Gasteiger partial charge on any atom is 0.315 e. The number of nitrogens with one attached hydrogen (secondary N) is 2. The minimum atomic E-state index is -0.781. The summed E-state index contributed by atoms with van der Waals surface area (Å²) in [6.45, 7) is 0.0113. The minimum absolute atomic E-state index is 0.00390. The maximum absolute atomic E-state index is 12.1. The van der Waals surface area contributed by atoms with E-state index in [4.69, 9.17) is 0 Å². The van der Waals surface area contributed by atoms with Crippen molar-refractivity contribution in [1.29, 1.82) is 0 Å². The monoisotopic (exact) mass is 361 g/mol. The van der Waals surface area contributed by atoms with Crippen molar-refractivity contribution in [3.8, 4) is 11.4 Å². The first-order valence-corrected chi connectivity index (χ1v) is 8.91. The van der Waals surface area contributed by atoms with Gasteiger partial charge in [0.1, 0.15) is 0 Å². The zero-order chi connectivity index (χ0) is 17.6. The van der Waals surface area contributed by atoms with Gasteiger partial charge in [0.05, 0.1) is 0 Å². The van der Waals surface area contributed by atoms with Crippen LogP contribution < -0.4 is 10.6 Å². The van der Waals surface area contributed by atoms with E-state index in [0.29, 0.717) is 5.82 Å². The minimum Gasteiger partial charge on any atom is -0.396 e. The summed E-state index contributed by atoms with van der Waals surface area (Å²) in [4.78, 5) is 32.4. The molecule has 0 spiro atoms. The smallest absolute Gasteiger partial charge is 0.315 e. The summed E-state index contributed by atoms with van der Waals surface area (Å²) in [7, 11) is 0. The summed E-state index contributed by atoms with van der Waals surface area (Å²) in [6.07, 6.45) is 6.91. The molecule has 0 unspecified atom stereocenters. The summed E-state index contributed by atoms with van der Waals surface area (Å²) in [6, 6.07) is 3.41. The second-order valence-corrected chi connectivity index (χ2v) is 6.68. The molecular formula is C16H19N5O3S. The summed E-state index contributed by atoms with van der Waals surface area (Å²) in [5.41, 5.74) is 0.733. The van der Waals surface area contributed by atoms with E-state index >= 15 is 0 Å². The van der Waals surface area contributed by atoms with Gasteiger partial charge in [-0.1, -0.05) is 12.8 Å². The van der Waals surface area contributed by atoms with Crippen LogP contribution in [0, 0.1) is 5.92 Å². The van der Waals surface area contributed by atoms with Gasteiger partial charge in [0.15, 0.2) is 5.82 Å². The van der Waals surface area contributed by atoms with Gasteiger partial charge in [-0.05, 0) is 25.0 Å². The lowest BCUT2D eigenvalue weighted by atomic mass is 9.85. The zero-order valence-corrected chi connectivity index (χ0v) is 14.3. The lowest BCUT2D eigenvalue weighted by Crippen LogP contribution is -2.47. The predicted octanol–water partition coefficient (Wildman–Crippen LogP) is 1.21. The number of carbonyl (C=O) groups excluding carboxylic acids is 2. The van der Waals surface area contributed by atoms with Gasteiger partial charge >= 0.3 is 11.8 Å². The van der Waals surface area contributed by atoms with Crippen LogP contribution in [0.5, 0.6) is 0 Å². The molecule has 1 aliphatic carbocycles. The largest absolute Gasteiger partial charge is 0.396 e. The van der Waals surface area contributed by atoms with Crippen LogP contribution in [-0.4, -0.2) is 43.9 Å². The highest BCUT2D eigenvalue weighted by Crippen LogP contribution is 2.24. The van der Waals surface area contributed by atoms with Crippen LogP contribution in [0.25, 0.3) is 11.4 Å². The maximum atomic E-state index is 12.1. The predicted molar refractivity (Wildman–Crippen MR) is 92.7 cm³/mol. The molecule has 8 nitrogen and oxygen atoms in total. The van der Waals surface area contributed by atoms with Crippen molar-refractivity contribution < 1.29 is 14.7 Å². The van der Waals surface area contributed by atoms with Gasteiger partial charge in [-0.25, -0.2) is 0 Å². The van der Waals surface area contributed by atoms with Crippen molar-refractivity contribution in [2.75, 3.05) is 11.9 Å². The van der Waals surface area contributed by atoms with Crippen LogP contribution in [0.15, 0.2) is 24.5 Å². The lowest BCUT2D eigenvalue weighted by molar-refractivity contribution is -0.137. The van der Waals surface area contributed by atoms with E-state index in [1.165, 1.54) is 0 Å². The van der Waals surface area contributed by atoms with Crippen molar-refractivity contribution in [3.05, 3.63) is 24.5 Å². The second kappa shape index (κ2) is 8.13. The molecule has 3 rings (SSSR count). The molecule has 0 aliphatic heterocycles. The fraction of sp³-hybridized carbons (Fsp3) is 0.438. The first kappa shape index (κ1) is 17.4. The van der Waals surface area contributed by atoms with Crippen LogP contribution in [-0.2, 0) is 9.59 Å². The molecule has 1 aliphatic rings. The number of aliphatic hydroxyl groups excluding tert-OH is 1. The van der Waals surface area contributed by atoms with Crippen molar-refractivity contribution in [2.45, 2.75) is 31.7 Å². The van der Waals surface area contributed by atoms with Crippen LogP contribution in [0.2, 0.25) is 0 Å². The Morgan fingerprint density at radius 2 is 2.12 bits per heavy atom. The molecule has 0 saturated heterocycles. The van der Waals surface area contributed by atoms with E-state index in [1.807, 2.05) is 6.07 Å². The number of rotatable bonds is 4. The SMILES string of the molecule is O=C(Nc1nc(-c2cccnc2)ns1)C(=O)N[C@H]1CCCC[C@@H]1CO. The molecule has 9 heteroatoms. The third-order valence-corrected chi connectivity index (χ3v) is 4.86. The third-order valence-electron chi connectivity index (χ3n) is 4.23. The number of amides is 2. The van der Waals surface area contributed by atoms with Gasteiger partial charge in [-0.15, -0.1) is 0 Å². The van der Waals surface area contributed by atoms with Gasteiger partial charge < -0.3 is 10.4 Å². The molecule has 3 N–H and O–H groups in total. The molecule has 2 aromatic rings. The fourth-order valence-electron chi connectivity index (χ4n) is 2.89. The molecule has 2 atom stereocenters. The number of hydrogen-bond donors (Lipinski definition) is 3. The number of carbonyl (C=O) groups is 2. The normalized spacial score (nSPS) is 20.0. The molecule has 2 amide bonds. The average Bonchev–Trinajstić information content (AvgIpc) is 3.11. The molecule has 0 radical (unpaired) electrons. The van der Waals surface area contributed by atoms with E-state index in [-0.39, 0.29) is 23.7 Å². The summed E-state index contributed by atoms with van der Waals surface area (Å²) >= 11 is 1.00.